The van der Waals surface area contributed by atoms with E-state index in [1.54, 1.807) is 12.1 Å². The predicted octanol–water partition coefficient (Wildman–Crippen LogP) is 1.30. The summed E-state index contributed by atoms with van der Waals surface area (Å²) in [6, 6.07) is 6.02. The van der Waals surface area contributed by atoms with E-state index in [-0.39, 0.29) is 16.6 Å². The fraction of sp³-hybridized carbons (Fsp3) is 0.200. The van der Waals surface area contributed by atoms with Crippen LogP contribution in [0.25, 0.3) is 0 Å². The SMILES string of the molecule is CS(=O)(=O)c1ccc(NN=CC(=O)CCl)cc1. The maximum atomic E-state index is 11.2. The zero-order valence-corrected chi connectivity index (χ0v) is 10.6. The molecule has 0 aromatic heterocycles. The van der Waals surface area contributed by atoms with E-state index >= 15 is 0 Å². The van der Waals surface area contributed by atoms with E-state index in [2.05, 4.69) is 10.5 Å². The van der Waals surface area contributed by atoms with Crippen LogP contribution in [0.5, 0.6) is 0 Å². The topological polar surface area (TPSA) is 75.6 Å². The van der Waals surface area contributed by atoms with Crippen LogP contribution in [0.1, 0.15) is 0 Å². The second-order valence-corrected chi connectivity index (χ2v) is 5.55. The molecule has 0 fully saturated rings. The molecule has 5 nitrogen and oxygen atoms in total. The van der Waals surface area contributed by atoms with Gasteiger partial charge in [-0.15, -0.1) is 11.6 Å². The zero-order chi connectivity index (χ0) is 12.9. The van der Waals surface area contributed by atoms with Crippen LogP contribution in [0.4, 0.5) is 5.69 Å². The highest BCUT2D eigenvalue weighted by Crippen LogP contribution is 2.13. The lowest BCUT2D eigenvalue weighted by Crippen LogP contribution is -2.02. The van der Waals surface area contributed by atoms with Crippen LogP contribution >= 0.6 is 11.6 Å². The van der Waals surface area contributed by atoms with Crippen molar-refractivity contribution in [3.63, 3.8) is 0 Å². The zero-order valence-electron chi connectivity index (χ0n) is 9.05. The van der Waals surface area contributed by atoms with Gasteiger partial charge < -0.3 is 0 Å². The quantitative estimate of drug-likeness (QED) is 0.499. The van der Waals surface area contributed by atoms with E-state index in [0.29, 0.717) is 5.69 Å². The molecule has 0 bridgehead atoms. The normalized spacial score (nSPS) is 11.6. The number of sulfone groups is 1. The van der Waals surface area contributed by atoms with Gasteiger partial charge in [0.05, 0.1) is 22.7 Å². The van der Waals surface area contributed by atoms with Crippen molar-refractivity contribution >= 4 is 39.1 Å². The third-order valence-corrected chi connectivity index (χ3v) is 3.21. The lowest BCUT2D eigenvalue weighted by atomic mass is 10.3. The number of nitrogens with one attached hydrogen (secondary N) is 1. The van der Waals surface area contributed by atoms with Gasteiger partial charge in [0, 0.05) is 6.26 Å². The number of hydrogen-bond donors (Lipinski definition) is 1. The number of hydrogen-bond acceptors (Lipinski definition) is 5. The summed E-state index contributed by atoms with van der Waals surface area (Å²) in [5.74, 6) is -0.440. The number of alkyl halides is 1. The average Bonchev–Trinajstić information content (AvgIpc) is 2.28. The van der Waals surface area contributed by atoms with Gasteiger partial charge in [0.1, 0.15) is 0 Å². The number of Topliss-reactive ketones (excluding diaryl/α,β-unsaturated/α-hetero) is 1. The van der Waals surface area contributed by atoms with Gasteiger partial charge in [-0.25, -0.2) is 8.42 Å². The minimum atomic E-state index is -3.20. The molecule has 0 aliphatic heterocycles. The van der Waals surface area contributed by atoms with E-state index in [4.69, 9.17) is 11.6 Å². The highest BCUT2D eigenvalue weighted by Gasteiger charge is 2.05. The summed E-state index contributed by atoms with van der Waals surface area (Å²) in [6.45, 7) is 0. The summed E-state index contributed by atoms with van der Waals surface area (Å²) in [7, 11) is -3.20. The maximum absolute atomic E-state index is 11.2. The fourth-order valence-corrected chi connectivity index (χ4v) is 1.69. The molecule has 0 radical (unpaired) electrons. The first-order valence-corrected chi connectivity index (χ1v) is 7.04. The molecule has 1 aromatic carbocycles. The number of halogens is 1. The summed E-state index contributed by atoms with van der Waals surface area (Å²) >= 11 is 5.27. The van der Waals surface area contributed by atoms with E-state index in [9.17, 15) is 13.2 Å². The smallest absolute Gasteiger partial charge is 0.190 e. The molecule has 92 valence electrons. The summed E-state index contributed by atoms with van der Waals surface area (Å²) in [4.78, 5) is 11.0. The second-order valence-electron chi connectivity index (χ2n) is 3.27. The third kappa shape index (κ3) is 4.54. The molecule has 0 atom stereocenters. The summed E-state index contributed by atoms with van der Waals surface area (Å²) in [5.41, 5.74) is 3.16. The van der Waals surface area contributed by atoms with Crippen LogP contribution in [0, 0.1) is 0 Å². The Kier molecular flexibility index (Phi) is 4.65. The minimum absolute atomic E-state index is 0.127. The van der Waals surface area contributed by atoms with Crippen LogP contribution in [0.2, 0.25) is 0 Å². The predicted molar refractivity (Wildman–Crippen MR) is 67.4 cm³/mol. The Morgan fingerprint density at radius 1 is 1.41 bits per heavy atom. The average molecular weight is 275 g/mol. The van der Waals surface area contributed by atoms with Crippen LogP contribution in [0.15, 0.2) is 34.3 Å². The molecular formula is C10H11ClN2O3S. The van der Waals surface area contributed by atoms with Crippen LogP contribution in [0.3, 0.4) is 0 Å². The highest BCUT2D eigenvalue weighted by molar-refractivity contribution is 7.90. The molecule has 0 saturated heterocycles. The second kappa shape index (κ2) is 5.79. The first-order valence-electron chi connectivity index (χ1n) is 4.61. The molecule has 0 unspecified atom stereocenters. The Bertz CT molecular complexity index is 523. The summed E-state index contributed by atoms with van der Waals surface area (Å²) in [6.07, 6.45) is 2.20. The first kappa shape index (κ1) is 13.7. The van der Waals surface area contributed by atoms with Gasteiger partial charge in [-0.1, -0.05) is 0 Å². The van der Waals surface area contributed by atoms with Crippen molar-refractivity contribution in [2.75, 3.05) is 17.6 Å². The Morgan fingerprint density at radius 2 is 2.00 bits per heavy atom. The number of carbonyl (C=O) groups excluding carboxylic acids is 1. The summed E-state index contributed by atoms with van der Waals surface area (Å²) < 4.78 is 22.4. The molecule has 1 N–H and O–H groups in total. The standard InChI is InChI=1S/C10H11ClN2O3S/c1-17(15,16)10-4-2-8(3-5-10)13-12-7-9(14)6-11/h2-5,7,13H,6H2,1H3. The molecule has 1 rings (SSSR count). The van der Waals surface area contributed by atoms with Crippen molar-refractivity contribution in [3.05, 3.63) is 24.3 Å². The van der Waals surface area contributed by atoms with Crippen molar-refractivity contribution in [2.45, 2.75) is 4.90 Å². The number of nitrogens with zero attached hydrogens (tertiary/aromatic N) is 1. The molecule has 0 aliphatic carbocycles. The molecule has 0 saturated carbocycles. The molecule has 17 heavy (non-hydrogen) atoms. The Hall–Kier alpha value is -1.40. The highest BCUT2D eigenvalue weighted by atomic mass is 35.5. The van der Waals surface area contributed by atoms with E-state index < -0.39 is 9.84 Å². The van der Waals surface area contributed by atoms with Gasteiger partial charge >= 0.3 is 0 Å². The molecule has 7 heteroatoms. The van der Waals surface area contributed by atoms with Crippen LogP contribution in [-0.2, 0) is 14.6 Å². The van der Waals surface area contributed by atoms with Crippen LogP contribution in [-0.4, -0.2) is 32.6 Å². The van der Waals surface area contributed by atoms with Crippen molar-refractivity contribution in [3.8, 4) is 0 Å². The molecular weight excluding hydrogens is 264 g/mol. The molecule has 0 spiro atoms. The first-order chi connectivity index (χ1) is 7.93. The maximum Gasteiger partial charge on any atom is 0.190 e. The molecule has 0 heterocycles. The number of ketones is 1. The number of hydrazone groups is 1. The van der Waals surface area contributed by atoms with E-state index in [0.717, 1.165) is 12.5 Å². The lowest BCUT2D eigenvalue weighted by Gasteiger charge is -2.01. The number of anilines is 1. The molecule has 1 aromatic rings. The van der Waals surface area contributed by atoms with Gasteiger partial charge in [-0.2, -0.15) is 5.10 Å². The largest absolute Gasteiger partial charge is 0.292 e. The van der Waals surface area contributed by atoms with Crippen molar-refractivity contribution in [2.24, 2.45) is 5.10 Å². The van der Waals surface area contributed by atoms with Gasteiger partial charge in [0.2, 0.25) is 0 Å². The number of rotatable bonds is 5. The fourth-order valence-electron chi connectivity index (χ4n) is 0.990. The number of carbonyl (C=O) groups is 1. The van der Waals surface area contributed by atoms with Crippen LogP contribution < -0.4 is 5.43 Å². The Labute approximate surface area is 104 Å². The van der Waals surface area contributed by atoms with E-state index in [1.807, 2.05) is 0 Å². The molecule has 0 aliphatic rings. The lowest BCUT2D eigenvalue weighted by molar-refractivity contribution is -0.110. The minimum Gasteiger partial charge on any atom is -0.292 e. The summed E-state index contributed by atoms with van der Waals surface area (Å²) in [5, 5.41) is 3.65. The van der Waals surface area contributed by atoms with Crippen molar-refractivity contribution in [1.82, 2.24) is 0 Å². The Morgan fingerprint density at radius 3 is 2.47 bits per heavy atom. The monoisotopic (exact) mass is 274 g/mol. The van der Waals surface area contributed by atoms with Gasteiger partial charge in [-0.3, -0.25) is 10.2 Å². The van der Waals surface area contributed by atoms with E-state index in [1.165, 1.54) is 12.1 Å². The Balaban J connectivity index is 2.70. The van der Waals surface area contributed by atoms with Gasteiger partial charge in [0.15, 0.2) is 15.6 Å². The van der Waals surface area contributed by atoms with Gasteiger partial charge in [-0.05, 0) is 24.3 Å². The van der Waals surface area contributed by atoms with Crippen molar-refractivity contribution in [1.29, 1.82) is 0 Å². The third-order valence-electron chi connectivity index (χ3n) is 1.82. The van der Waals surface area contributed by atoms with Gasteiger partial charge in [0.25, 0.3) is 0 Å². The molecule has 0 amide bonds. The number of benzene rings is 1. The van der Waals surface area contributed by atoms with Crippen molar-refractivity contribution < 1.29 is 13.2 Å².